The molecule has 1 aliphatic rings. The molecule has 7 heteroatoms. The van der Waals surface area contributed by atoms with Crippen LogP contribution in [0.5, 0.6) is 0 Å². The van der Waals surface area contributed by atoms with E-state index in [-0.39, 0.29) is 5.69 Å². The third kappa shape index (κ3) is 2.67. The van der Waals surface area contributed by atoms with Gasteiger partial charge in [0.05, 0.1) is 17.9 Å². The van der Waals surface area contributed by atoms with Crippen molar-refractivity contribution in [3.05, 3.63) is 63.6 Å². The molecule has 0 atom stereocenters. The topological polar surface area (TPSA) is 71.7 Å². The highest BCUT2D eigenvalue weighted by molar-refractivity contribution is 5.36. The van der Waals surface area contributed by atoms with Gasteiger partial charge in [0.25, 0.3) is 0 Å². The van der Waals surface area contributed by atoms with E-state index in [1.54, 1.807) is 4.57 Å². The van der Waals surface area contributed by atoms with Crippen LogP contribution in [0.2, 0.25) is 0 Å². The van der Waals surface area contributed by atoms with Gasteiger partial charge in [-0.25, -0.2) is 14.6 Å². The zero-order valence-electron chi connectivity index (χ0n) is 13.9. The van der Waals surface area contributed by atoms with Crippen LogP contribution in [0.15, 0.2) is 35.1 Å². The third-order valence-corrected chi connectivity index (χ3v) is 4.44. The number of nitrogens with zero attached hydrogens (tertiary/aromatic N) is 5. The summed E-state index contributed by atoms with van der Waals surface area (Å²) in [6.07, 6.45) is 0. The van der Waals surface area contributed by atoms with Gasteiger partial charge in [0.15, 0.2) is 0 Å². The molecule has 4 rings (SSSR count). The molecule has 3 aromatic rings. The molecule has 0 fully saturated rings. The first kappa shape index (κ1) is 14.9. The third-order valence-electron chi connectivity index (χ3n) is 4.44. The van der Waals surface area contributed by atoms with Crippen molar-refractivity contribution in [2.45, 2.75) is 33.5 Å². The molecule has 0 amide bonds. The fourth-order valence-corrected chi connectivity index (χ4v) is 3.25. The van der Waals surface area contributed by atoms with Crippen LogP contribution < -0.4 is 5.69 Å². The van der Waals surface area contributed by atoms with E-state index in [9.17, 15) is 4.79 Å². The Morgan fingerprint density at radius 2 is 1.96 bits per heavy atom. The van der Waals surface area contributed by atoms with Gasteiger partial charge in [-0.2, -0.15) is 10.2 Å². The first-order chi connectivity index (χ1) is 11.6. The lowest BCUT2D eigenvalue weighted by Gasteiger charge is -2.26. The van der Waals surface area contributed by atoms with E-state index in [4.69, 9.17) is 0 Å². The molecular weight excluding hydrogens is 304 g/mol. The van der Waals surface area contributed by atoms with Gasteiger partial charge in [0.2, 0.25) is 0 Å². The predicted molar refractivity (Wildman–Crippen MR) is 90.0 cm³/mol. The molecule has 0 saturated carbocycles. The molecule has 3 heterocycles. The van der Waals surface area contributed by atoms with E-state index in [0.717, 1.165) is 36.0 Å². The molecule has 0 saturated heterocycles. The zero-order chi connectivity index (χ0) is 16.7. The average Bonchev–Trinajstić information content (AvgIpc) is 3.10. The lowest BCUT2D eigenvalue weighted by Crippen LogP contribution is -2.36. The first-order valence-electron chi connectivity index (χ1n) is 8.09. The van der Waals surface area contributed by atoms with Crippen molar-refractivity contribution in [1.82, 2.24) is 29.4 Å². The second-order valence-electron chi connectivity index (χ2n) is 6.31. The zero-order valence-corrected chi connectivity index (χ0v) is 13.9. The van der Waals surface area contributed by atoms with Crippen molar-refractivity contribution >= 4 is 0 Å². The maximum atomic E-state index is 11.5. The number of H-pyrrole nitrogens is 1. The minimum Gasteiger partial charge on any atom is -0.290 e. The Hall–Kier alpha value is -2.67. The Morgan fingerprint density at radius 3 is 2.67 bits per heavy atom. The van der Waals surface area contributed by atoms with Crippen LogP contribution in [0.25, 0.3) is 5.69 Å². The van der Waals surface area contributed by atoms with Gasteiger partial charge in [-0.3, -0.25) is 9.47 Å². The number of aromatic nitrogens is 5. The van der Waals surface area contributed by atoms with Gasteiger partial charge in [-0.1, -0.05) is 12.1 Å². The summed E-state index contributed by atoms with van der Waals surface area (Å²) < 4.78 is 3.67. The highest BCUT2D eigenvalue weighted by Crippen LogP contribution is 2.16. The molecule has 0 radical (unpaired) electrons. The predicted octanol–water partition coefficient (Wildman–Crippen LogP) is 1.39. The summed E-state index contributed by atoms with van der Waals surface area (Å²) in [6.45, 7) is 7.14. The van der Waals surface area contributed by atoms with Crippen molar-refractivity contribution in [2.75, 3.05) is 6.54 Å². The molecule has 2 aromatic heterocycles. The van der Waals surface area contributed by atoms with Crippen LogP contribution >= 0.6 is 0 Å². The Labute approximate surface area is 139 Å². The van der Waals surface area contributed by atoms with Gasteiger partial charge < -0.3 is 0 Å². The molecule has 0 spiro atoms. The molecule has 0 bridgehead atoms. The number of hydrogen-bond acceptors (Lipinski definition) is 4. The van der Waals surface area contributed by atoms with Crippen LogP contribution in [0.1, 0.15) is 22.8 Å². The Balaban J connectivity index is 1.48. The quantitative estimate of drug-likeness (QED) is 0.790. The summed E-state index contributed by atoms with van der Waals surface area (Å²) in [5, 5.41) is 11.1. The first-order valence-corrected chi connectivity index (χ1v) is 8.09. The van der Waals surface area contributed by atoms with Crippen LogP contribution in [-0.4, -0.2) is 36.0 Å². The van der Waals surface area contributed by atoms with Crippen molar-refractivity contribution in [2.24, 2.45) is 0 Å². The van der Waals surface area contributed by atoms with E-state index in [1.165, 1.54) is 5.56 Å². The highest BCUT2D eigenvalue weighted by Gasteiger charge is 2.19. The fourth-order valence-electron chi connectivity index (χ4n) is 3.25. The minimum atomic E-state index is -0.112. The van der Waals surface area contributed by atoms with Gasteiger partial charge in [0, 0.05) is 25.3 Å². The summed E-state index contributed by atoms with van der Waals surface area (Å²) in [7, 11) is 0. The summed E-state index contributed by atoms with van der Waals surface area (Å²) >= 11 is 0. The normalized spacial score (nSPS) is 14.8. The summed E-state index contributed by atoms with van der Waals surface area (Å²) in [4.78, 5) is 13.8. The molecule has 1 aromatic carbocycles. The van der Waals surface area contributed by atoms with Gasteiger partial charge in [-0.15, -0.1) is 0 Å². The lowest BCUT2D eigenvalue weighted by molar-refractivity contribution is 0.207. The van der Waals surface area contributed by atoms with Crippen molar-refractivity contribution in [3.63, 3.8) is 0 Å². The number of nitrogens with one attached hydrogen (secondary N) is 1. The van der Waals surface area contributed by atoms with Gasteiger partial charge >= 0.3 is 5.69 Å². The van der Waals surface area contributed by atoms with Gasteiger partial charge in [-0.05, 0) is 37.6 Å². The number of fused-ring (bicyclic) bond motifs is 1. The Bertz CT molecular complexity index is 917. The molecule has 124 valence electrons. The van der Waals surface area contributed by atoms with E-state index >= 15 is 0 Å². The smallest absolute Gasteiger partial charge is 0.290 e. The van der Waals surface area contributed by atoms with Crippen LogP contribution in [0.3, 0.4) is 0 Å². The second kappa shape index (κ2) is 5.76. The molecule has 0 aliphatic carbocycles. The average molecular weight is 324 g/mol. The maximum Gasteiger partial charge on any atom is 0.343 e. The summed E-state index contributed by atoms with van der Waals surface area (Å²) in [5.41, 5.74) is 4.36. The Morgan fingerprint density at radius 1 is 1.17 bits per heavy atom. The SMILES string of the molecule is Cc1cc(C)n(-c2ccc(CN3CCn4c(n[nH]c4=O)C3)cc2)n1. The molecule has 7 nitrogen and oxygen atoms in total. The molecule has 0 unspecified atom stereocenters. The monoisotopic (exact) mass is 324 g/mol. The van der Waals surface area contributed by atoms with Crippen molar-refractivity contribution < 1.29 is 0 Å². The highest BCUT2D eigenvalue weighted by atomic mass is 16.1. The number of benzene rings is 1. The van der Waals surface area contributed by atoms with Crippen LogP contribution in [0.4, 0.5) is 0 Å². The minimum absolute atomic E-state index is 0.112. The van der Waals surface area contributed by atoms with Gasteiger partial charge in [0.1, 0.15) is 5.82 Å². The summed E-state index contributed by atoms with van der Waals surface area (Å²) in [6, 6.07) is 10.5. The molecule has 1 N–H and O–H groups in total. The van der Waals surface area contributed by atoms with Crippen molar-refractivity contribution in [3.8, 4) is 5.69 Å². The van der Waals surface area contributed by atoms with Crippen LogP contribution in [0, 0.1) is 13.8 Å². The number of hydrogen-bond donors (Lipinski definition) is 1. The van der Waals surface area contributed by atoms with Crippen molar-refractivity contribution in [1.29, 1.82) is 0 Å². The number of aryl methyl sites for hydroxylation is 2. The fraction of sp³-hybridized carbons (Fsp3) is 0.353. The van der Waals surface area contributed by atoms with E-state index in [0.29, 0.717) is 13.1 Å². The lowest BCUT2D eigenvalue weighted by atomic mass is 10.2. The largest absolute Gasteiger partial charge is 0.343 e. The molecular formula is C17H20N6O. The number of rotatable bonds is 3. The second-order valence-corrected chi connectivity index (χ2v) is 6.31. The molecule has 1 aliphatic heterocycles. The van der Waals surface area contributed by atoms with E-state index < -0.39 is 0 Å². The Kier molecular flexibility index (Phi) is 3.57. The van der Waals surface area contributed by atoms with E-state index in [1.807, 2.05) is 11.6 Å². The molecule has 24 heavy (non-hydrogen) atoms. The van der Waals surface area contributed by atoms with E-state index in [2.05, 4.69) is 57.5 Å². The maximum absolute atomic E-state index is 11.5. The number of aromatic amines is 1. The standard InChI is InChI=1S/C17H20N6O/c1-12-9-13(2)23(20-12)15-5-3-14(4-6-15)10-21-7-8-22-16(11-21)18-19-17(22)24/h3-6,9H,7-8,10-11H2,1-2H3,(H,19,24). The summed E-state index contributed by atoms with van der Waals surface area (Å²) in [5.74, 6) is 0.811. The van der Waals surface area contributed by atoms with Crippen LogP contribution in [-0.2, 0) is 19.6 Å².